The first-order valence-electron chi connectivity index (χ1n) is 6.09. The summed E-state index contributed by atoms with van der Waals surface area (Å²) in [6, 6.07) is 13.5. The number of hydrogen-bond donors (Lipinski definition) is 0. The molecule has 1 aromatic heterocycles. The molecule has 0 amide bonds. The summed E-state index contributed by atoms with van der Waals surface area (Å²) in [6.07, 6.45) is 0. The number of rotatable bonds is 1. The Balaban J connectivity index is 2.39. The highest BCUT2D eigenvalue weighted by molar-refractivity contribution is 6.42. The van der Waals surface area contributed by atoms with Gasteiger partial charge in [-0.05, 0) is 30.2 Å². The molecule has 0 unspecified atom stereocenters. The van der Waals surface area contributed by atoms with Crippen molar-refractivity contribution in [1.82, 2.24) is 4.98 Å². The van der Waals surface area contributed by atoms with Crippen LogP contribution in [0.2, 0.25) is 15.2 Å². The first kappa shape index (κ1) is 13.7. The largest absolute Gasteiger partial charge is 0.235 e. The SMILES string of the molecule is Cc1c(Cl)ccc2c(Cl)c(-c3ccccc3)c(Cl)nc12. The summed E-state index contributed by atoms with van der Waals surface area (Å²) in [4.78, 5) is 4.47. The molecule has 2 aromatic carbocycles. The van der Waals surface area contributed by atoms with Crippen LogP contribution in [0.15, 0.2) is 42.5 Å². The van der Waals surface area contributed by atoms with Crippen LogP contribution in [0.5, 0.6) is 0 Å². The number of hydrogen-bond acceptors (Lipinski definition) is 1. The average Bonchev–Trinajstić information content (AvgIpc) is 2.45. The van der Waals surface area contributed by atoms with E-state index in [2.05, 4.69) is 4.98 Å². The van der Waals surface area contributed by atoms with E-state index in [4.69, 9.17) is 34.8 Å². The molecule has 3 rings (SSSR count). The second-order valence-corrected chi connectivity index (χ2v) is 5.67. The molecule has 0 saturated carbocycles. The lowest BCUT2D eigenvalue weighted by Gasteiger charge is -2.12. The van der Waals surface area contributed by atoms with Gasteiger partial charge in [0.25, 0.3) is 0 Å². The van der Waals surface area contributed by atoms with Crippen molar-refractivity contribution in [3.63, 3.8) is 0 Å². The second-order valence-electron chi connectivity index (χ2n) is 4.53. The first-order chi connectivity index (χ1) is 9.59. The summed E-state index contributed by atoms with van der Waals surface area (Å²) >= 11 is 19.0. The van der Waals surface area contributed by atoms with Crippen LogP contribution in [0, 0.1) is 6.92 Å². The lowest BCUT2D eigenvalue weighted by molar-refractivity contribution is 1.36. The van der Waals surface area contributed by atoms with E-state index in [1.807, 2.05) is 49.4 Å². The van der Waals surface area contributed by atoms with Crippen LogP contribution in [0.25, 0.3) is 22.0 Å². The first-order valence-corrected chi connectivity index (χ1v) is 7.22. The van der Waals surface area contributed by atoms with Crippen LogP contribution in [-0.2, 0) is 0 Å². The number of aromatic nitrogens is 1. The zero-order chi connectivity index (χ0) is 14.3. The molecule has 0 radical (unpaired) electrons. The summed E-state index contributed by atoms with van der Waals surface area (Å²) in [5, 5.41) is 2.51. The highest BCUT2D eigenvalue weighted by atomic mass is 35.5. The summed E-state index contributed by atoms with van der Waals surface area (Å²) < 4.78 is 0. The van der Waals surface area contributed by atoms with Crippen molar-refractivity contribution in [1.29, 1.82) is 0 Å². The summed E-state index contributed by atoms with van der Waals surface area (Å²) in [7, 11) is 0. The normalized spacial score (nSPS) is 11.0. The van der Waals surface area contributed by atoms with Crippen molar-refractivity contribution in [3.05, 3.63) is 63.2 Å². The zero-order valence-electron chi connectivity index (χ0n) is 10.6. The van der Waals surface area contributed by atoms with Gasteiger partial charge in [-0.3, -0.25) is 0 Å². The Morgan fingerprint density at radius 3 is 2.30 bits per heavy atom. The monoisotopic (exact) mass is 321 g/mol. The van der Waals surface area contributed by atoms with E-state index in [1.165, 1.54) is 0 Å². The van der Waals surface area contributed by atoms with E-state index in [9.17, 15) is 0 Å². The summed E-state index contributed by atoms with van der Waals surface area (Å²) in [5.74, 6) is 0. The quantitative estimate of drug-likeness (QED) is 0.488. The van der Waals surface area contributed by atoms with Gasteiger partial charge >= 0.3 is 0 Å². The molecule has 1 heterocycles. The molecule has 100 valence electrons. The van der Waals surface area contributed by atoms with Crippen LogP contribution in [0.1, 0.15) is 5.56 Å². The van der Waals surface area contributed by atoms with Crippen LogP contribution >= 0.6 is 34.8 Å². The minimum atomic E-state index is 0.388. The van der Waals surface area contributed by atoms with E-state index < -0.39 is 0 Å². The molecule has 0 spiro atoms. The molecule has 0 N–H and O–H groups in total. The van der Waals surface area contributed by atoms with Crippen molar-refractivity contribution < 1.29 is 0 Å². The Labute approximate surface area is 132 Å². The third kappa shape index (κ3) is 2.16. The predicted octanol–water partition coefficient (Wildman–Crippen LogP) is 6.17. The molecular formula is C16H10Cl3N. The summed E-state index contributed by atoms with van der Waals surface area (Å²) in [5.41, 5.74) is 3.33. The molecule has 0 fully saturated rings. The van der Waals surface area contributed by atoms with Gasteiger partial charge in [-0.15, -0.1) is 0 Å². The average molecular weight is 323 g/mol. The van der Waals surface area contributed by atoms with Gasteiger partial charge in [0.2, 0.25) is 0 Å². The third-order valence-corrected chi connectivity index (χ3v) is 4.38. The van der Waals surface area contributed by atoms with Crippen molar-refractivity contribution >= 4 is 45.7 Å². The fourth-order valence-electron chi connectivity index (χ4n) is 2.23. The lowest BCUT2D eigenvalue weighted by Crippen LogP contribution is -1.91. The molecule has 0 aliphatic heterocycles. The van der Waals surface area contributed by atoms with Crippen LogP contribution < -0.4 is 0 Å². The zero-order valence-corrected chi connectivity index (χ0v) is 12.9. The van der Waals surface area contributed by atoms with Crippen LogP contribution in [0.4, 0.5) is 0 Å². The van der Waals surface area contributed by atoms with Crippen LogP contribution in [-0.4, -0.2) is 4.98 Å². The molecule has 0 saturated heterocycles. The maximum absolute atomic E-state index is 6.54. The van der Waals surface area contributed by atoms with Crippen molar-refractivity contribution in [2.24, 2.45) is 0 Å². The Hall–Kier alpha value is -1.28. The minimum Gasteiger partial charge on any atom is -0.235 e. The standard InChI is InChI=1S/C16H10Cl3N/c1-9-12(17)8-7-11-14(18)13(16(19)20-15(9)11)10-5-3-2-4-6-10/h2-8H,1H3. The maximum atomic E-state index is 6.54. The van der Waals surface area contributed by atoms with Gasteiger partial charge in [0, 0.05) is 16.0 Å². The Bertz CT molecular complexity index is 798. The smallest absolute Gasteiger partial charge is 0.139 e. The number of benzene rings is 2. The number of pyridine rings is 1. The van der Waals surface area contributed by atoms with E-state index in [0.29, 0.717) is 15.2 Å². The Kier molecular flexibility index (Phi) is 3.59. The molecule has 4 heteroatoms. The van der Waals surface area contributed by atoms with Gasteiger partial charge < -0.3 is 0 Å². The van der Waals surface area contributed by atoms with Crippen molar-refractivity contribution in [3.8, 4) is 11.1 Å². The fourth-order valence-corrected chi connectivity index (χ4v) is 3.07. The molecule has 0 aliphatic rings. The van der Waals surface area contributed by atoms with Gasteiger partial charge in [-0.1, -0.05) is 65.1 Å². The molecule has 0 aliphatic carbocycles. The fraction of sp³-hybridized carbons (Fsp3) is 0.0625. The lowest BCUT2D eigenvalue weighted by atomic mass is 10.0. The van der Waals surface area contributed by atoms with E-state index >= 15 is 0 Å². The second kappa shape index (κ2) is 5.25. The Morgan fingerprint density at radius 2 is 1.60 bits per heavy atom. The van der Waals surface area contributed by atoms with E-state index in [0.717, 1.165) is 27.6 Å². The highest BCUT2D eigenvalue weighted by Gasteiger charge is 2.16. The van der Waals surface area contributed by atoms with E-state index in [1.54, 1.807) is 0 Å². The van der Waals surface area contributed by atoms with Gasteiger partial charge in [-0.2, -0.15) is 0 Å². The van der Waals surface area contributed by atoms with Gasteiger partial charge in [0.1, 0.15) is 5.15 Å². The number of nitrogens with zero attached hydrogens (tertiary/aromatic N) is 1. The van der Waals surface area contributed by atoms with Gasteiger partial charge in [0.15, 0.2) is 0 Å². The van der Waals surface area contributed by atoms with Gasteiger partial charge in [-0.25, -0.2) is 4.98 Å². The number of fused-ring (bicyclic) bond motifs is 1. The number of halogens is 3. The van der Waals surface area contributed by atoms with Gasteiger partial charge in [0.05, 0.1) is 10.5 Å². The topological polar surface area (TPSA) is 12.9 Å². The molecule has 0 atom stereocenters. The third-order valence-electron chi connectivity index (χ3n) is 3.30. The predicted molar refractivity (Wildman–Crippen MR) is 86.9 cm³/mol. The minimum absolute atomic E-state index is 0.388. The molecular weight excluding hydrogens is 313 g/mol. The number of aryl methyl sites for hydroxylation is 1. The molecule has 1 nitrogen and oxygen atoms in total. The maximum Gasteiger partial charge on any atom is 0.139 e. The summed E-state index contributed by atoms with van der Waals surface area (Å²) in [6.45, 7) is 1.91. The molecule has 3 aromatic rings. The molecule has 0 bridgehead atoms. The van der Waals surface area contributed by atoms with Crippen LogP contribution in [0.3, 0.4) is 0 Å². The molecule has 20 heavy (non-hydrogen) atoms. The Morgan fingerprint density at radius 1 is 0.900 bits per heavy atom. The van der Waals surface area contributed by atoms with Crippen molar-refractivity contribution in [2.75, 3.05) is 0 Å². The highest BCUT2D eigenvalue weighted by Crippen LogP contribution is 2.39. The van der Waals surface area contributed by atoms with E-state index in [-0.39, 0.29) is 0 Å². The van der Waals surface area contributed by atoms with Crippen molar-refractivity contribution in [2.45, 2.75) is 6.92 Å².